The summed E-state index contributed by atoms with van der Waals surface area (Å²) in [5, 5.41) is 8.51. The fraction of sp³-hybridized carbons (Fsp3) is 0.364. The quantitative estimate of drug-likeness (QED) is 0.766. The van der Waals surface area contributed by atoms with Gasteiger partial charge in [0.25, 0.3) is 0 Å². The molecule has 1 aromatic carbocycles. The normalized spacial score (nSPS) is 9.80. The van der Waals surface area contributed by atoms with Crippen molar-refractivity contribution in [1.29, 1.82) is 5.26 Å². The molecule has 4 heteroatoms. The molecule has 0 aromatic heterocycles. The number of nitrogens with zero attached hydrogens (tertiary/aromatic N) is 2. The molecule has 0 radical (unpaired) electrons. The third-order valence-electron chi connectivity index (χ3n) is 2.15. The molecule has 2 nitrogen and oxygen atoms in total. The Bertz CT molecular complexity index is 396. The second kappa shape index (κ2) is 4.74. The summed E-state index contributed by atoms with van der Waals surface area (Å²) in [5.74, 6) is -2.03. The first-order valence-corrected chi connectivity index (χ1v) is 4.71. The standard InChI is InChI=1S/C11H12F2N2/c1-3-6-15(2)9-5-4-8(7-14)10(12)11(9)13/h4-5H,3,6H2,1-2H3. The Balaban J connectivity index is 3.13. The molecule has 80 valence electrons. The van der Waals surface area contributed by atoms with E-state index in [2.05, 4.69) is 0 Å². The van der Waals surface area contributed by atoms with Gasteiger partial charge >= 0.3 is 0 Å². The summed E-state index contributed by atoms with van der Waals surface area (Å²) >= 11 is 0. The first-order valence-electron chi connectivity index (χ1n) is 4.71. The molecule has 0 heterocycles. The predicted molar refractivity (Wildman–Crippen MR) is 54.6 cm³/mol. The molecule has 1 rings (SSSR count). The Labute approximate surface area is 87.7 Å². The van der Waals surface area contributed by atoms with Crippen molar-refractivity contribution >= 4 is 5.69 Å². The zero-order valence-corrected chi connectivity index (χ0v) is 8.72. The summed E-state index contributed by atoms with van der Waals surface area (Å²) in [4.78, 5) is 1.62. The number of nitriles is 1. The molecule has 0 aliphatic carbocycles. The maximum atomic E-state index is 13.5. The van der Waals surface area contributed by atoms with Gasteiger partial charge in [0.1, 0.15) is 6.07 Å². The average molecular weight is 210 g/mol. The molecule has 0 saturated carbocycles. The first kappa shape index (κ1) is 11.4. The van der Waals surface area contributed by atoms with Gasteiger partial charge in [0, 0.05) is 13.6 Å². The fourth-order valence-corrected chi connectivity index (χ4v) is 1.38. The highest BCUT2D eigenvalue weighted by atomic mass is 19.2. The van der Waals surface area contributed by atoms with E-state index in [0.29, 0.717) is 6.54 Å². The van der Waals surface area contributed by atoms with Crippen LogP contribution in [0, 0.1) is 23.0 Å². The Morgan fingerprint density at radius 1 is 1.33 bits per heavy atom. The summed E-state index contributed by atoms with van der Waals surface area (Å²) in [6.45, 7) is 2.59. The third kappa shape index (κ3) is 2.24. The van der Waals surface area contributed by atoms with Gasteiger partial charge in [0.05, 0.1) is 11.3 Å². The molecule has 0 spiro atoms. The second-order valence-corrected chi connectivity index (χ2v) is 3.29. The highest BCUT2D eigenvalue weighted by Crippen LogP contribution is 2.22. The lowest BCUT2D eigenvalue weighted by atomic mass is 10.2. The van der Waals surface area contributed by atoms with E-state index in [-0.39, 0.29) is 11.3 Å². The lowest BCUT2D eigenvalue weighted by molar-refractivity contribution is 0.505. The van der Waals surface area contributed by atoms with Crippen molar-refractivity contribution in [3.8, 4) is 6.07 Å². The third-order valence-corrected chi connectivity index (χ3v) is 2.15. The number of halogens is 2. The van der Waals surface area contributed by atoms with Crippen LogP contribution in [0.5, 0.6) is 0 Å². The molecule has 0 saturated heterocycles. The molecule has 0 fully saturated rings. The minimum atomic E-state index is -1.07. The SMILES string of the molecule is CCCN(C)c1ccc(C#N)c(F)c1F. The summed E-state index contributed by atoms with van der Waals surface area (Å²) in [6.07, 6.45) is 0.845. The maximum Gasteiger partial charge on any atom is 0.183 e. The molecule has 1 aromatic rings. The zero-order valence-electron chi connectivity index (χ0n) is 8.72. The van der Waals surface area contributed by atoms with Crippen molar-refractivity contribution in [3.63, 3.8) is 0 Å². The molecule has 15 heavy (non-hydrogen) atoms. The lowest BCUT2D eigenvalue weighted by Crippen LogP contribution is -2.19. The van der Waals surface area contributed by atoms with Gasteiger partial charge in [0.2, 0.25) is 0 Å². The maximum absolute atomic E-state index is 13.5. The van der Waals surface area contributed by atoms with Gasteiger partial charge in [-0.1, -0.05) is 6.92 Å². The summed E-state index contributed by atoms with van der Waals surface area (Å²) in [5.41, 5.74) is -0.0745. The van der Waals surface area contributed by atoms with E-state index < -0.39 is 11.6 Å². The van der Waals surface area contributed by atoms with Gasteiger partial charge in [-0.25, -0.2) is 8.78 Å². The van der Waals surface area contributed by atoms with Gasteiger partial charge in [-0.15, -0.1) is 0 Å². The van der Waals surface area contributed by atoms with Crippen LogP contribution in [0.15, 0.2) is 12.1 Å². The van der Waals surface area contributed by atoms with E-state index >= 15 is 0 Å². The van der Waals surface area contributed by atoms with E-state index in [0.717, 1.165) is 6.42 Å². The van der Waals surface area contributed by atoms with E-state index in [4.69, 9.17) is 5.26 Å². The molecule has 0 amide bonds. The Kier molecular flexibility index (Phi) is 3.62. The van der Waals surface area contributed by atoms with Crippen molar-refractivity contribution in [2.24, 2.45) is 0 Å². The van der Waals surface area contributed by atoms with Crippen LogP contribution < -0.4 is 4.90 Å². The highest BCUT2D eigenvalue weighted by molar-refractivity contribution is 5.51. The van der Waals surface area contributed by atoms with Gasteiger partial charge in [-0.2, -0.15) is 5.26 Å². The number of hydrogen-bond donors (Lipinski definition) is 0. The van der Waals surface area contributed by atoms with Crippen LogP contribution in [0.3, 0.4) is 0 Å². The van der Waals surface area contributed by atoms with Crippen molar-refractivity contribution < 1.29 is 8.78 Å². The number of benzene rings is 1. The lowest BCUT2D eigenvalue weighted by Gasteiger charge is -2.19. The van der Waals surface area contributed by atoms with Crippen molar-refractivity contribution in [1.82, 2.24) is 0 Å². The van der Waals surface area contributed by atoms with Gasteiger partial charge < -0.3 is 4.90 Å². The number of anilines is 1. The predicted octanol–water partition coefficient (Wildman–Crippen LogP) is 2.68. The Morgan fingerprint density at radius 2 is 2.00 bits per heavy atom. The van der Waals surface area contributed by atoms with Crippen LogP contribution in [0.4, 0.5) is 14.5 Å². The van der Waals surface area contributed by atoms with Crippen LogP contribution >= 0.6 is 0 Å². The van der Waals surface area contributed by atoms with Crippen LogP contribution in [0.2, 0.25) is 0 Å². The highest BCUT2D eigenvalue weighted by Gasteiger charge is 2.15. The monoisotopic (exact) mass is 210 g/mol. The number of hydrogen-bond acceptors (Lipinski definition) is 2. The van der Waals surface area contributed by atoms with E-state index in [1.165, 1.54) is 12.1 Å². The minimum Gasteiger partial charge on any atom is -0.372 e. The fourth-order valence-electron chi connectivity index (χ4n) is 1.38. The zero-order chi connectivity index (χ0) is 11.4. The summed E-state index contributed by atoms with van der Waals surface area (Å²) in [7, 11) is 1.69. The molecule has 0 N–H and O–H groups in total. The summed E-state index contributed by atoms with van der Waals surface area (Å²) in [6, 6.07) is 4.32. The first-order chi connectivity index (χ1) is 7.11. The van der Waals surface area contributed by atoms with Crippen molar-refractivity contribution in [2.75, 3.05) is 18.5 Å². The van der Waals surface area contributed by atoms with Crippen LogP contribution in [-0.4, -0.2) is 13.6 Å². The van der Waals surface area contributed by atoms with Crippen LogP contribution in [-0.2, 0) is 0 Å². The molecule has 0 bridgehead atoms. The summed E-state index contributed by atoms with van der Waals surface area (Å²) < 4.78 is 26.7. The van der Waals surface area contributed by atoms with Crippen LogP contribution in [0.1, 0.15) is 18.9 Å². The molecule has 0 aliphatic heterocycles. The molecule has 0 unspecified atom stereocenters. The molecular formula is C11H12F2N2. The van der Waals surface area contributed by atoms with E-state index in [1.54, 1.807) is 18.0 Å². The topological polar surface area (TPSA) is 27.0 Å². The van der Waals surface area contributed by atoms with E-state index in [1.807, 2.05) is 6.92 Å². The van der Waals surface area contributed by atoms with Crippen LogP contribution in [0.25, 0.3) is 0 Å². The number of rotatable bonds is 3. The Hall–Kier alpha value is -1.63. The second-order valence-electron chi connectivity index (χ2n) is 3.29. The molecular weight excluding hydrogens is 198 g/mol. The molecule has 0 atom stereocenters. The van der Waals surface area contributed by atoms with Gasteiger partial charge in [-0.3, -0.25) is 0 Å². The molecule has 0 aliphatic rings. The largest absolute Gasteiger partial charge is 0.372 e. The minimum absolute atomic E-state index is 0.188. The van der Waals surface area contributed by atoms with Crippen molar-refractivity contribution in [2.45, 2.75) is 13.3 Å². The van der Waals surface area contributed by atoms with Gasteiger partial charge in [0.15, 0.2) is 11.6 Å². The average Bonchev–Trinajstić information content (AvgIpc) is 2.22. The van der Waals surface area contributed by atoms with E-state index in [9.17, 15) is 8.78 Å². The Morgan fingerprint density at radius 3 is 2.53 bits per heavy atom. The van der Waals surface area contributed by atoms with Crippen molar-refractivity contribution in [3.05, 3.63) is 29.3 Å². The van der Waals surface area contributed by atoms with Gasteiger partial charge in [-0.05, 0) is 18.6 Å². The smallest absolute Gasteiger partial charge is 0.183 e.